The molecule has 210 valence electrons. The number of rotatable bonds is 16. The molecule has 0 bridgehead atoms. The van der Waals surface area contributed by atoms with Gasteiger partial charge in [-0.05, 0) is 81.5 Å². The van der Waals surface area contributed by atoms with Gasteiger partial charge in [-0.1, -0.05) is 51.2 Å². The molecule has 0 aliphatic rings. The molecule has 0 aliphatic carbocycles. The maximum atomic E-state index is 14.7. The molecule has 3 aromatic rings. The van der Waals surface area contributed by atoms with Gasteiger partial charge in [0.25, 0.3) is 0 Å². The number of esters is 1. The van der Waals surface area contributed by atoms with Gasteiger partial charge in [-0.3, -0.25) is 0 Å². The molecule has 0 radical (unpaired) electrons. The van der Waals surface area contributed by atoms with E-state index in [1.54, 1.807) is 43.6 Å². The second kappa shape index (κ2) is 15.3. The van der Waals surface area contributed by atoms with Crippen LogP contribution in [0.3, 0.4) is 0 Å². The van der Waals surface area contributed by atoms with Crippen LogP contribution in [0.5, 0.6) is 11.5 Å². The Kier molecular flexibility index (Phi) is 11.8. The molecule has 0 spiro atoms. The Morgan fingerprint density at radius 1 is 0.846 bits per heavy atom. The van der Waals surface area contributed by atoms with Crippen molar-refractivity contribution < 1.29 is 23.0 Å². The van der Waals surface area contributed by atoms with Gasteiger partial charge in [-0.2, -0.15) is 0 Å². The van der Waals surface area contributed by atoms with E-state index < -0.39 is 17.8 Å². The summed E-state index contributed by atoms with van der Waals surface area (Å²) in [4.78, 5) is 21.3. The second-order valence-corrected chi connectivity index (χ2v) is 10.2. The molecule has 0 unspecified atom stereocenters. The lowest BCUT2D eigenvalue weighted by molar-refractivity contribution is -0.147. The quantitative estimate of drug-likeness (QED) is 0.104. The number of unbranched alkanes of at least 4 members (excludes halogenated alkanes) is 5. The maximum Gasteiger partial charge on any atom is 0.348 e. The number of carbonyl (C=O) groups is 1. The van der Waals surface area contributed by atoms with Crippen LogP contribution >= 0.6 is 0 Å². The van der Waals surface area contributed by atoms with Crippen molar-refractivity contribution in [3.63, 3.8) is 0 Å². The average Bonchev–Trinajstić information content (AvgIpc) is 2.93. The summed E-state index contributed by atoms with van der Waals surface area (Å²) in [5, 5.41) is 0. The third-order valence-corrected chi connectivity index (χ3v) is 6.60. The van der Waals surface area contributed by atoms with Crippen LogP contribution in [0.2, 0.25) is 0 Å². The summed E-state index contributed by atoms with van der Waals surface area (Å²) in [6.45, 7) is 5.55. The first-order chi connectivity index (χ1) is 18.8. The lowest BCUT2D eigenvalue weighted by Crippen LogP contribution is -2.34. The van der Waals surface area contributed by atoms with Crippen molar-refractivity contribution in [2.45, 2.75) is 90.4 Å². The predicted molar refractivity (Wildman–Crippen MR) is 151 cm³/mol. The van der Waals surface area contributed by atoms with Gasteiger partial charge in [0.15, 0.2) is 5.82 Å². The van der Waals surface area contributed by atoms with E-state index in [2.05, 4.69) is 9.97 Å². The number of benzene rings is 2. The van der Waals surface area contributed by atoms with Crippen LogP contribution in [0, 0.1) is 0 Å². The smallest absolute Gasteiger partial charge is 0.348 e. The minimum Gasteiger partial charge on any atom is -0.494 e. The molecule has 2 atom stereocenters. The van der Waals surface area contributed by atoms with Crippen molar-refractivity contribution in [2.75, 3.05) is 6.61 Å². The van der Waals surface area contributed by atoms with E-state index in [9.17, 15) is 13.6 Å². The number of ether oxygens (including phenoxy) is 2. The van der Waals surface area contributed by atoms with Crippen LogP contribution in [-0.4, -0.2) is 34.4 Å². The van der Waals surface area contributed by atoms with Crippen molar-refractivity contribution in [3.05, 3.63) is 60.9 Å². The minimum absolute atomic E-state index is 0.153. The fraction of sp³-hybridized carbons (Fsp3) is 0.469. The highest BCUT2D eigenvalue weighted by molar-refractivity contribution is 5.81. The Balaban J connectivity index is 1.49. The van der Waals surface area contributed by atoms with Crippen LogP contribution in [0.1, 0.15) is 78.6 Å². The van der Waals surface area contributed by atoms with Gasteiger partial charge in [-0.25, -0.2) is 23.5 Å². The zero-order chi connectivity index (χ0) is 28.1. The fourth-order valence-corrected chi connectivity index (χ4v) is 4.14. The molecule has 7 heteroatoms. The molecule has 5 nitrogen and oxygen atoms in total. The van der Waals surface area contributed by atoms with Gasteiger partial charge >= 0.3 is 5.97 Å². The molecule has 0 saturated carbocycles. The topological polar surface area (TPSA) is 61.3 Å². The zero-order valence-corrected chi connectivity index (χ0v) is 23.3. The van der Waals surface area contributed by atoms with Gasteiger partial charge in [0.1, 0.15) is 11.5 Å². The van der Waals surface area contributed by atoms with Crippen molar-refractivity contribution in [2.24, 2.45) is 0 Å². The molecular formula is C32H40F2N2O3. The number of carbonyl (C=O) groups excluding carboxylic acids is 1. The molecule has 0 aliphatic heterocycles. The highest BCUT2D eigenvalue weighted by Gasteiger charge is 2.34. The molecule has 0 saturated heterocycles. The molecule has 0 N–H and O–H groups in total. The number of hydrogen-bond donors (Lipinski definition) is 0. The number of alkyl halides is 2. The Morgan fingerprint density at radius 2 is 1.46 bits per heavy atom. The summed E-state index contributed by atoms with van der Waals surface area (Å²) in [5.41, 5.74) is 0.547. The Morgan fingerprint density at radius 3 is 2.10 bits per heavy atom. The van der Waals surface area contributed by atoms with Crippen LogP contribution in [0.4, 0.5) is 8.78 Å². The van der Waals surface area contributed by atoms with E-state index in [0.29, 0.717) is 31.0 Å². The summed E-state index contributed by atoms with van der Waals surface area (Å²) in [6.07, 6.45) is 9.98. The standard InChI is InChI=1S/C32H40F2N2O3/c1-4-5-9-20-32(3,34)31(37)39-29-18-12-25(13-19-29)27-22-35-30(36-23-27)26-14-16-28(17-15-26)38-21-10-7-6-8-11-24(2)33/h12-19,22-24H,4-11,20-21H2,1-3H3/t24-,32-/m0/s1. The lowest BCUT2D eigenvalue weighted by Gasteiger charge is -2.18. The first kappa shape index (κ1) is 30.2. The normalized spacial score (nSPS) is 13.5. The van der Waals surface area contributed by atoms with Crippen molar-refractivity contribution in [1.82, 2.24) is 9.97 Å². The SMILES string of the molecule is CCCCC[C@](C)(F)C(=O)Oc1ccc(-c2cnc(-c3ccc(OCCCCCC[C@H](C)F)cc3)nc2)cc1. The third-order valence-electron chi connectivity index (χ3n) is 6.60. The molecule has 2 aromatic carbocycles. The van der Waals surface area contributed by atoms with E-state index in [1.165, 1.54) is 6.92 Å². The van der Waals surface area contributed by atoms with Crippen molar-refractivity contribution in [1.29, 1.82) is 0 Å². The summed E-state index contributed by atoms with van der Waals surface area (Å²) in [5.74, 6) is 0.829. The van der Waals surface area contributed by atoms with Gasteiger partial charge in [-0.15, -0.1) is 0 Å². The van der Waals surface area contributed by atoms with E-state index in [4.69, 9.17) is 9.47 Å². The summed E-state index contributed by atoms with van der Waals surface area (Å²) in [6, 6.07) is 14.5. The Bertz CT molecular complexity index is 1130. The van der Waals surface area contributed by atoms with Gasteiger partial charge < -0.3 is 9.47 Å². The predicted octanol–water partition coefficient (Wildman–Crippen LogP) is 8.71. The van der Waals surface area contributed by atoms with Gasteiger partial charge in [0, 0.05) is 23.5 Å². The summed E-state index contributed by atoms with van der Waals surface area (Å²) >= 11 is 0. The summed E-state index contributed by atoms with van der Waals surface area (Å²) < 4.78 is 38.5. The fourth-order valence-electron chi connectivity index (χ4n) is 4.14. The Labute approximate surface area is 231 Å². The van der Waals surface area contributed by atoms with E-state index in [-0.39, 0.29) is 6.42 Å². The van der Waals surface area contributed by atoms with E-state index in [0.717, 1.165) is 61.0 Å². The van der Waals surface area contributed by atoms with Crippen LogP contribution in [-0.2, 0) is 4.79 Å². The van der Waals surface area contributed by atoms with E-state index in [1.807, 2.05) is 31.2 Å². The van der Waals surface area contributed by atoms with Gasteiger partial charge in [0.2, 0.25) is 5.67 Å². The number of aromatic nitrogens is 2. The molecule has 39 heavy (non-hydrogen) atoms. The molecule has 3 rings (SSSR count). The second-order valence-electron chi connectivity index (χ2n) is 10.2. The molecule has 1 aromatic heterocycles. The van der Waals surface area contributed by atoms with Crippen LogP contribution < -0.4 is 9.47 Å². The van der Waals surface area contributed by atoms with Crippen LogP contribution in [0.25, 0.3) is 22.5 Å². The zero-order valence-electron chi connectivity index (χ0n) is 23.3. The molecule has 0 amide bonds. The third kappa shape index (κ3) is 10.0. The number of halogens is 2. The largest absolute Gasteiger partial charge is 0.494 e. The molecular weight excluding hydrogens is 498 g/mol. The minimum atomic E-state index is -2.00. The van der Waals surface area contributed by atoms with Crippen LogP contribution in [0.15, 0.2) is 60.9 Å². The first-order valence-electron chi connectivity index (χ1n) is 14.0. The maximum absolute atomic E-state index is 14.7. The summed E-state index contributed by atoms with van der Waals surface area (Å²) in [7, 11) is 0. The first-order valence-corrected chi connectivity index (χ1v) is 14.0. The van der Waals surface area contributed by atoms with Gasteiger partial charge in [0.05, 0.1) is 12.8 Å². The highest BCUT2D eigenvalue weighted by atomic mass is 19.1. The monoisotopic (exact) mass is 538 g/mol. The van der Waals surface area contributed by atoms with Crippen molar-refractivity contribution >= 4 is 5.97 Å². The molecule has 0 fully saturated rings. The average molecular weight is 539 g/mol. The molecule has 1 heterocycles. The highest BCUT2D eigenvalue weighted by Crippen LogP contribution is 2.26. The van der Waals surface area contributed by atoms with Crippen molar-refractivity contribution in [3.8, 4) is 34.0 Å². The van der Waals surface area contributed by atoms with E-state index >= 15 is 0 Å². The number of hydrogen-bond acceptors (Lipinski definition) is 5. The number of nitrogens with zero attached hydrogens (tertiary/aromatic N) is 2. The Hall–Kier alpha value is -3.35. The lowest BCUT2D eigenvalue weighted by atomic mass is 10.0.